The molecule has 7 heteroatoms. The molecule has 0 atom stereocenters. The van der Waals surface area contributed by atoms with Gasteiger partial charge >= 0.3 is 0 Å². The molecule has 1 saturated heterocycles. The summed E-state index contributed by atoms with van der Waals surface area (Å²) in [5.41, 5.74) is 0.556. The summed E-state index contributed by atoms with van der Waals surface area (Å²) in [5.74, 6) is -0.934. The van der Waals surface area contributed by atoms with Gasteiger partial charge in [-0.25, -0.2) is 4.39 Å². The van der Waals surface area contributed by atoms with Gasteiger partial charge in [-0.3, -0.25) is 14.4 Å². The van der Waals surface area contributed by atoms with E-state index in [1.54, 1.807) is 22.8 Å². The molecule has 148 valence electrons. The van der Waals surface area contributed by atoms with Crippen molar-refractivity contribution in [3.63, 3.8) is 0 Å². The van der Waals surface area contributed by atoms with E-state index < -0.39 is 5.82 Å². The zero-order valence-electron chi connectivity index (χ0n) is 16.5. The van der Waals surface area contributed by atoms with E-state index in [1.165, 1.54) is 12.1 Å². The van der Waals surface area contributed by atoms with Gasteiger partial charge in [0.15, 0.2) is 0 Å². The van der Waals surface area contributed by atoms with Gasteiger partial charge in [0.2, 0.25) is 11.8 Å². The number of benzene rings is 1. The molecule has 2 rings (SSSR count). The molecular weight excluding hydrogens is 349 g/mol. The van der Waals surface area contributed by atoms with Gasteiger partial charge in [0.25, 0.3) is 5.91 Å². The zero-order valence-corrected chi connectivity index (χ0v) is 16.5. The van der Waals surface area contributed by atoms with Crippen LogP contribution in [0.15, 0.2) is 18.2 Å². The van der Waals surface area contributed by atoms with Crippen molar-refractivity contribution in [1.29, 1.82) is 0 Å². The first-order chi connectivity index (χ1) is 12.6. The first kappa shape index (κ1) is 20.9. The topological polar surface area (TPSA) is 69.7 Å². The van der Waals surface area contributed by atoms with Crippen LogP contribution >= 0.6 is 0 Å². The van der Waals surface area contributed by atoms with Crippen LogP contribution < -0.4 is 5.32 Å². The average Bonchev–Trinajstić information content (AvgIpc) is 2.60. The maximum atomic E-state index is 13.7. The normalized spacial score (nSPS) is 14.9. The zero-order chi connectivity index (χ0) is 20.2. The highest BCUT2D eigenvalue weighted by Gasteiger charge is 2.26. The molecule has 1 heterocycles. The molecule has 0 unspecified atom stereocenters. The Hall–Kier alpha value is -2.44. The number of piperazine rings is 1. The Balaban J connectivity index is 1.84. The monoisotopic (exact) mass is 377 g/mol. The molecule has 0 spiro atoms. The van der Waals surface area contributed by atoms with Crippen LogP contribution in [0, 0.1) is 18.2 Å². The fraction of sp³-hybridized carbons (Fsp3) is 0.550. The summed E-state index contributed by atoms with van der Waals surface area (Å²) in [7, 11) is 0. The van der Waals surface area contributed by atoms with Gasteiger partial charge in [-0.15, -0.1) is 0 Å². The summed E-state index contributed by atoms with van der Waals surface area (Å²) >= 11 is 0. The van der Waals surface area contributed by atoms with Crippen LogP contribution in [0.1, 0.15) is 43.1 Å². The van der Waals surface area contributed by atoms with Gasteiger partial charge in [0, 0.05) is 38.2 Å². The maximum absolute atomic E-state index is 13.7. The second kappa shape index (κ2) is 8.50. The summed E-state index contributed by atoms with van der Waals surface area (Å²) in [6.07, 6.45) is 0.357. The smallest absolute Gasteiger partial charge is 0.254 e. The van der Waals surface area contributed by atoms with Gasteiger partial charge in [0.05, 0.1) is 6.54 Å². The van der Waals surface area contributed by atoms with Crippen LogP contribution in [0.2, 0.25) is 0 Å². The van der Waals surface area contributed by atoms with Crippen LogP contribution in [-0.2, 0) is 9.59 Å². The largest absolute Gasteiger partial charge is 0.347 e. The number of hydrogen-bond acceptors (Lipinski definition) is 3. The lowest BCUT2D eigenvalue weighted by Crippen LogP contribution is -2.52. The molecule has 3 amide bonds. The highest BCUT2D eigenvalue weighted by Crippen LogP contribution is 2.18. The van der Waals surface area contributed by atoms with E-state index in [9.17, 15) is 18.8 Å². The number of amides is 3. The molecule has 1 N–H and O–H groups in total. The van der Waals surface area contributed by atoms with Crippen molar-refractivity contribution in [2.24, 2.45) is 5.41 Å². The third kappa shape index (κ3) is 5.77. The average molecular weight is 377 g/mol. The lowest BCUT2D eigenvalue weighted by molar-refractivity contribution is -0.134. The number of halogens is 1. The summed E-state index contributed by atoms with van der Waals surface area (Å²) in [6, 6.07) is 4.47. The van der Waals surface area contributed by atoms with Crippen LogP contribution in [0.3, 0.4) is 0 Å². The van der Waals surface area contributed by atoms with Crippen molar-refractivity contribution in [3.8, 4) is 0 Å². The molecular formula is C20H28FN3O3. The summed E-state index contributed by atoms with van der Waals surface area (Å²) in [4.78, 5) is 40.0. The van der Waals surface area contributed by atoms with Crippen molar-refractivity contribution in [2.75, 3.05) is 32.7 Å². The molecule has 1 aliphatic heterocycles. The predicted octanol–water partition coefficient (Wildman–Crippen LogP) is 1.97. The number of carbonyl (C=O) groups is 3. The minimum absolute atomic E-state index is 0.0358. The molecule has 0 radical (unpaired) electrons. The van der Waals surface area contributed by atoms with E-state index in [4.69, 9.17) is 0 Å². The van der Waals surface area contributed by atoms with Gasteiger partial charge in [-0.05, 0) is 30.0 Å². The number of nitrogens with one attached hydrogen (secondary N) is 1. The van der Waals surface area contributed by atoms with Gasteiger partial charge in [-0.2, -0.15) is 0 Å². The molecule has 1 aromatic carbocycles. The van der Waals surface area contributed by atoms with Crippen molar-refractivity contribution in [1.82, 2.24) is 15.1 Å². The predicted molar refractivity (Wildman–Crippen MR) is 101 cm³/mol. The van der Waals surface area contributed by atoms with Crippen molar-refractivity contribution in [2.45, 2.75) is 34.1 Å². The van der Waals surface area contributed by atoms with Crippen LogP contribution in [0.5, 0.6) is 0 Å². The number of nitrogens with zero attached hydrogens (tertiary/aromatic N) is 2. The molecule has 6 nitrogen and oxygen atoms in total. The number of hydrogen-bond donors (Lipinski definition) is 1. The maximum Gasteiger partial charge on any atom is 0.254 e. The lowest BCUT2D eigenvalue weighted by atomic mass is 9.92. The third-order valence-electron chi connectivity index (χ3n) is 4.55. The van der Waals surface area contributed by atoms with E-state index in [-0.39, 0.29) is 29.7 Å². The Bertz CT molecular complexity index is 720. The van der Waals surface area contributed by atoms with Gasteiger partial charge in [-0.1, -0.05) is 26.8 Å². The summed E-state index contributed by atoms with van der Waals surface area (Å²) < 4.78 is 13.7. The fourth-order valence-corrected chi connectivity index (χ4v) is 3.00. The molecule has 27 heavy (non-hydrogen) atoms. The minimum Gasteiger partial charge on any atom is -0.347 e. The van der Waals surface area contributed by atoms with E-state index >= 15 is 0 Å². The summed E-state index contributed by atoms with van der Waals surface area (Å²) in [6.45, 7) is 9.00. The fourth-order valence-electron chi connectivity index (χ4n) is 3.00. The van der Waals surface area contributed by atoms with E-state index in [1.807, 2.05) is 20.8 Å². The molecule has 0 saturated carbocycles. The molecule has 0 aromatic heterocycles. The van der Waals surface area contributed by atoms with Crippen molar-refractivity contribution >= 4 is 17.7 Å². The second-order valence-corrected chi connectivity index (χ2v) is 8.10. The standard InChI is InChI=1S/C20H28FN3O3/c1-14-15(6-5-7-16(14)21)19(27)24-10-8-23(9-11-24)18(26)13-22-17(25)12-20(2,3)4/h5-7H,8-13H2,1-4H3,(H,22,25). The highest BCUT2D eigenvalue weighted by atomic mass is 19.1. The van der Waals surface area contributed by atoms with E-state index in [0.29, 0.717) is 43.7 Å². The Morgan fingerprint density at radius 3 is 2.26 bits per heavy atom. The van der Waals surface area contributed by atoms with E-state index in [2.05, 4.69) is 5.32 Å². The van der Waals surface area contributed by atoms with E-state index in [0.717, 1.165) is 0 Å². The quantitative estimate of drug-likeness (QED) is 0.872. The molecule has 1 aliphatic rings. The lowest BCUT2D eigenvalue weighted by Gasteiger charge is -2.35. The number of carbonyl (C=O) groups excluding carboxylic acids is 3. The van der Waals surface area contributed by atoms with Crippen LogP contribution in [0.4, 0.5) is 4.39 Å². The molecule has 0 bridgehead atoms. The van der Waals surface area contributed by atoms with Gasteiger partial charge in [0.1, 0.15) is 5.82 Å². The van der Waals surface area contributed by atoms with Crippen LogP contribution in [0.25, 0.3) is 0 Å². The Morgan fingerprint density at radius 1 is 1.07 bits per heavy atom. The highest BCUT2D eigenvalue weighted by molar-refractivity contribution is 5.96. The third-order valence-corrected chi connectivity index (χ3v) is 4.55. The Morgan fingerprint density at radius 2 is 1.67 bits per heavy atom. The Kier molecular flexibility index (Phi) is 6.57. The second-order valence-electron chi connectivity index (χ2n) is 8.10. The summed E-state index contributed by atoms with van der Waals surface area (Å²) in [5, 5.41) is 2.66. The molecule has 1 aromatic rings. The molecule has 0 aliphatic carbocycles. The van der Waals surface area contributed by atoms with Gasteiger partial charge < -0.3 is 15.1 Å². The first-order valence-electron chi connectivity index (χ1n) is 9.17. The molecule has 1 fully saturated rings. The van der Waals surface area contributed by atoms with Crippen molar-refractivity contribution in [3.05, 3.63) is 35.1 Å². The van der Waals surface area contributed by atoms with Crippen molar-refractivity contribution < 1.29 is 18.8 Å². The minimum atomic E-state index is -0.402. The first-order valence-corrected chi connectivity index (χ1v) is 9.17. The Labute approximate surface area is 159 Å². The number of rotatable bonds is 4. The SMILES string of the molecule is Cc1c(F)cccc1C(=O)N1CCN(C(=O)CNC(=O)CC(C)(C)C)CC1. The van der Waals surface area contributed by atoms with Crippen LogP contribution in [-0.4, -0.2) is 60.2 Å².